The smallest absolute Gasteiger partial charge is 0.419 e. The van der Waals surface area contributed by atoms with Gasteiger partial charge in [0, 0.05) is 12.5 Å². The highest BCUT2D eigenvalue weighted by Gasteiger charge is 2.34. The zero-order valence-electron chi connectivity index (χ0n) is 18.5. The number of H-pyrrole nitrogens is 1. The first-order valence-electron chi connectivity index (χ1n) is 10.5. The molecule has 0 bridgehead atoms. The number of aromatic amines is 1. The summed E-state index contributed by atoms with van der Waals surface area (Å²) in [5.74, 6) is -1.19. The lowest BCUT2D eigenvalue weighted by atomic mass is 10.00. The van der Waals surface area contributed by atoms with E-state index in [1.54, 1.807) is 31.4 Å². The first kappa shape index (κ1) is 24.9. The van der Waals surface area contributed by atoms with E-state index in [9.17, 15) is 27.2 Å². The van der Waals surface area contributed by atoms with Crippen LogP contribution in [0.25, 0.3) is 0 Å². The lowest BCUT2D eigenvalue weighted by Crippen LogP contribution is -2.31. The van der Waals surface area contributed by atoms with Crippen LogP contribution < -0.4 is 15.6 Å². The molecule has 1 atom stereocenters. The van der Waals surface area contributed by atoms with Crippen LogP contribution in [0.2, 0.25) is 0 Å². The number of alkyl halides is 3. The number of nitrogens with one attached hydrogen (secondary N) is 2. The van der Waals surface area contributed by atoms with Crippen molar-refractivity contribution in [2.24, 2.45) is 0 Å². The molecule has 1 amide bonds. The highest BCUT2D eigenvalue weighted by Crippen LogP contribution is 2.33. The third kappa shape index (κ3) is 6.21. The summed E-state index contributed by atoms with van der Waals surface area (Å²) >= 11 is 0. The number of carbonyl (C=O) groups excluding carboxylic acids is 1. The number of carbonyl (C=O) groups is 1. The van der Waals surface area contributed by atoms with Gasteiger partial charge in [-0.1, -0.05) is 31.5 Å². The normalized spacial score (nSPS) is 12.3. The molecule has 0 aliphatic heterocycles. The molecule has 0 saturated carbocycles. The van der Waals surface area contributed by atoms with Crippen LogP contribution >= 0.6 is 0 Å². The number of nitrogens with zero attached hydrogens (tertiary/aromatic N) is 1. The molecule has 3 rings (SSSR count). The van der Waals surface area contributed by atoms with Crippen LogP contribution in [0.15, 0.2) is 53.3 Å². The first-order chi connectivity index (χ1) is 16.1. The number of benzene rings is 2. The molecule has 0 fully saturated rings. The number of hydrogen-bond donors (Lipinski definition) is 2. The van der Waals surface area contributed by atoms with Crippen LogP contribution in [0.4, 0.5) is 17.6 Å². The Morgan fingerprint density at radius 1 is 1.15 bits per heavy atom. The van der Waals surface area contributed by atoms with Gasteiger partial charge in [0.05, 0.1) is 18.7 Å². The van der Waals surface area contributed by atoms with Crippen LogP contribution in [0.5, 0.6) is 5.75 Å². The summed E-state index contributed by atoms with van der Waals surface area (Å²) in [5.41, 5.74) is -1.05. The van der Waals surface area contributed by atoms with Gasteiger partial charge in [-0.2, -0.15) is 13.2 Å². The molecule has 1 heterocycles. The average Bonchev–Trinajstić information content (AvgIpc) is 2.78. The molecule has 10 heteroatoms. The second-order valence-electron chi connectivity index (χ2n) is 7.65. The van der Waals surface area contributed by atoms with Crippen molar-refractivity contribution in [3.63, 3.8) is 0 Å². The van der Waals surface area contributed by atoms with Crippen molar-refractivity contribution in [3.05, 3.63) is 92.9 Å². The molecule has 0 radical (unpaired) electrons. The summed E-state index contributed by atoms with van der Waals surface area (Å²) < 4.78 is 57.8. The average molecular weight is 477 g/mol. The predicted octanol–water partition coefficient (Wildman–Crippen LogP) is 4.80. The fraction of sp³-hybridized carbons (Fsp3) is 0.292. The minimum absolute atomic E-state index is 0.152. The molecule has 34 heavy (non-hydrogen) atoms. The predicted molar refractivity (Wildman–Crippen MR) is 117 cm³/mol. The summed E-state index contributed by atoms with van der Waals surface area (Å²) in [6.07, 6.45) is -3.65. The second kappa shape index (κ2) is 10.5. The molecular weight excluding hydrogens is 454 g/mol. The maximum Gasteiger partial charge on any atom is 0.419 e. The van der Waals surface area contributed by atoms with Crippen LogP contribution in [0, 0.1) is 5.82 Å². The van der Waals surface area contributed by atoms with Crippen LogP contribution in [0.3, 0.4) is 0 Å². The van der Waals surface area contributed by atoms with E-state index in [0.717, 1.165) is 23.8 Å². The van der Waals surface area contributed by atoms with Crippen molar-refractivity contribution in [2.45, 2.75) is 38.4 Å². The molecule has 0 aliphatic carbocycles. The van der Waals surface area contributed by atoms with E-state index in [-0.39, 0.29) is 23.5 Å². The van der Waals surface area contributed by atoms with E-state index < -0.39 is 35.1 Å². The van der Waals surface area contributed by atoms with Gasteiger partial charge in [0.25, 0.3) is 11.5 Å². The number of hydrogen-bond acceptors (Lipinski definition) is 4. The Labute approximate surface area is 193 Å². The lowest BCUT2D eigenvalue weighted by molar-refractivity contribution is -0.140. The van der Waals surface area contributed by atoms with Crippen molar-refractivity contribution in [3.8, 4) is 5.75 Å². The largest absolute Gasteiger partial charge is 0.497 e. The van der Waals surface area contributed by atoms with Crippen molar-refractivity contribution in [1.82, 2.24) is 15.3 Å². The zero-order valence-corrected chi connectivity index (χ0v) is 18.5. The molecule has 6 nitrogen and oxygen atoms in total. The number of methoxy groups -OCH3 is 1. The van der Waals surface area contributed by atoms with Gasteiger partial charge in [0.2, 0.25) is 0 Å². The van der Waals surface area contributed by atoms with E-state index >= 15 is 0 Å². The van der Waals surface area contributed by atoms with Gasteiger partial charge in [-0.15, -0.1) is 0 Å². The standard InChI is InChI=1S/C24H23F4N3O3/c1-3-4-19(15-7-10-17(18(25)12-15)24(26,27)28)30-23(33)20-13-22(32)31-21(29-20)11-14-5-8-16(34-2)9-6-14/h5-10,12-13,19H,3-4,11H2,1-2H3,(H,30,33)(H,29,31,32)/t19-/m1/s1. The van der Waals surface area contributed by atoms with Crippen LogP contribution in [-0.4, -0.2) is 23.0 Å². The SMILES string of the molecule is CCC[C@@H](NC(=O)c1cc(=O)[nH]c(Cc2ccc(OC)cc2)n1)c1ccc(C(F)(F)F)c(F)c1. The third-order valence-corrected chi connectivity index (χ3v) is 5.14. The molecule has 180 valence electrons. The van der Waals surface area contributed by atoms with Gasteiger partial charge in [-0.25, -0.2) is 9.37 Å². The van der Waals surface area contributed by atoms with Gasteiger partial charge in [-0.3, -0.25) is 9.59 Å². The van der Waals surface area contributed by atoms with Gasteiger partial charge >= 0.3 is 6.18 Å². The minimum atomic E-state index is -4.82. The third-order valence-electron chi connectivity index (χ3n) is 5.14. The molecule has 2 aromatic carbocycles. The summed E-state index contributed by atoms with van der Waals surface area (Å²) in [6, 6.07) is 9.91. The van der Waals surface area contributed by atoms with Gasteiger partial charge in [0.1, 0.15) is 23.1 Å². The van der Waals surface area contributed by atoms with Crippen molar-refractivity contribution < 1.29 is 27.1 Å². The monoisotopic (exact) mass is 477 g/mol. The van der Waals surface area contributed by atoms with Gasteiger partial charge < -0.3 is 15.0 Å². The maximum absolute atomic E-state index is 14.1. The molecule has 2 N–H and O–H groups in total. The Kier molecular flexibility index (Phi) is 7.70. The van der Waals surface area contributed by atoms with E-state index in [1.165, 1.54) is 0 Å². The van der Waals surface area contributed by atoms with E-state index in [4.69, 9.17) is 4.74 Å². The van der Waals surface area contributed by atoms with Crippen LogP contribution in [0.1, 0.15) is 58.8 Å². The highest BCUT2D eigenvalue weighted by molar-refractivity contribution is 5.92. The van der Waals surface area contributed by atoms with E-state index in [1.807, 2.05) is 6.92 Å². The Bertz CT molecular complexity index is 1210. The van der Waals surface area contributed by atoms with Gasteiger partial charge in [0.15, 0.2) is 0 Å². The molecule has 1 aromatic heterocycles. The molecule has 0 spiro atoms. The van der Waals surface area contributed by atoms with Crippen molar-refractivity contribution >= 4 is 5.91 Å². The maximum atomic E-state index is 14.1. The fourth-order valence-electron chi connectivity index (χ4n) is 3.47. The molecule has 0 saturated heterocycles. The number of ether oxygens (including phenoxy) is 1. The number of aromatic nitrogens is 2. The molecular formula is C24H23F4N3O3. The number of halogens is 4. The first-order valence-corrected chi connectivity index (χ1v) is 10.5. The highest BCUT2D eigenvalue weighted by atomic mass is 19.4. The summed E-state index contributed by atoms with van der Waals surface area (Å²) in [7, 11) is 1.54. The van der Waals surface area contributed by atoms with Gasteiger partial charge in [-0.05, 0) is 41.8 Å². The minimum Gasteiger partial charge on any atom is -0.497 e. The lowest BCUT2D eigenvalue weighted by Gasteiger charge is -2.20. The van der Waals surface area contributed by atoms with Crippen molar-refractivity contribution in [1.29, 1.82) is 0 Å². The summed E-state index contributed by atoms with van der Waals surface area (Å²) in [6.45, 7) is 1.82. The van der Waals surface area contributed by atoms with E-state index in [0.29, 0.717) is 24.7 Å². The summed E-state index contributed by atoms with van der Waals surface area (Å²) in [5, 5.41) is 2.65. The molecule has 0 unspecified atom stereocenters. The fourth-order valence-corrected chi connectivity index (χ4v) is 3.47. The summed E-state index contributed by atoms with van der Waals surface area (Å²) in [4.78, 5) is 31.8. The number of amides is 1. The Morgan fingerprint density at radius 2 is 1.85 bits per heavy atom. The number of rotatable bonds is 8. The Hall–Kier alpha value is -3.69. The Balaban J connectivity index is 1.82. The quantitative estimate of drug-likeness (QED) is 0.457. The second-order valence-corrected chi connectivity index (χ2v) is 7.65. The van der Waals surface area contributed by atoms with E-state index in [2.05, 4.69) is 15.3 Å². The Morgan fingerprint density at radius 3 is 2.44 bits per heavy atom. The molecule has 0 aliphatic rings. The van der Waals surface area contributed by atoms with Crippen molar-refractivity contribution in [2.75, 3.05) is 7.11 Å². The molecule has 3 aromatic rings. The topological polar surface area (TPSA) is 84.1 Å². The zero-order chi connectivity index (χ0) is 24.9. The van der Waals surface area contributed by atoms with Crippen LogP contribution in [-0.2, 0) is 12.6 Å².